The van der Waals surface area contributed by atoms with Crippen molar-refractivity contribution in [1.29, 1.82) is 0 Å². The minimum absolute atomic E-state index is 0.00593. The molecule has 6 N–H and O–H groups in total. The number of alkyl halides is 7. The van der Waals surface area contributed by atoms with Crippen LogP contribution >= 0.6 is 0 Å². The third-order valence-electron chi connectivity index (χ3n) is 26.1. The van der Waals surface area contributed by atoms with Gasteiger partial charge in [-0.05, 0) is 308 Å². The van der Waals surface area contributed by atoms with Gasteiger partial charge in [-0.25, -0.2) is 26.3 Å². The van der Waals surface area contributed by atoms with Gasteiger partial charge in [0.1, 0.15) is 24.7 Å². The van der Waals surface area contributed by atoms with Gasteiger partial charge in [-0.1, -0.05) is 187 Å². The van der Waals surface area contributed by atoms with Gasteiger partial charge >= 0.3 is 0 Å². The fraction of sp³-hybridized carbons (Fsp3) is 1.00. The molecule has 9 aliphatic carbocycles. The molecule has 0 aromatic heterocycles. The first-order chi connectivity index (χ1) is 48.7. The second-order valence-electron chi connectivity index (χ2n) is 41.7. The van der Waals surface area contributed by atoms with E-state index in [0.717, 1.165) is 101 Å². The van der Waals surface area contributed by atoms with Crippen molar-refractivity contribution in [3.05, 3.63) is 0 Å². The van der Waals surface area contributed by atoms with Gasteiger partial charge in [-0.15, -0.1) is 0 Å². The zero-order chi connectivity index (χ0) is 82.5. The molecule has 9 aliphatic rings. The molecule has 640 valence electrons. The fourth-order valence-electron chi connectivity index (χ4n) is 17.1. The number of methoxy groups -OCH3 is 1. The van der Waals surface area contributed by atoms with Crippen LogP contribution in [-0.4, -0.2) is 119 Å². The Morgan fingerprint density at radius 2 is 0.538 bits per heavy atom. The molecule has 7 nitrogen and oxygen atoms in total. The van der Waals surface area contributed by atoms with E-state index in [-0.39, 0.29) is 29.5 Å². The Labute approximate surface area is 652 Å². The lowest BCUT2D eigenvalue weighted by molar-refractivity contribution is 0.000259. The van der Waals surface area contributed by atoms with Crippen LogP contribution in [0.2, 0.25) is 0 Å². The van der Waals surface area contributed by atoms with Gasteiger partial charge in [-0.2, -0.15) is 0 Å². The van der Waals surface area contributed by atoms with Crippen molar-refractivity contribution in [2.45, 2.75) is 460 Å². The van der Waals surface area contributed by atoms with Crippen molar-refractivity contribution in [2.75, 3.05) is 20.4 Å². The van der Waals surface area contributed by atoms with Gasteiger partial charge in [-0.3, -0.25) is 4.39 Å². The summed E-state index contributed by atoms with van der Waals surface area (Å²) in [5, 5.41) is 54.5. The van der Waals surface area contributed by atoms with Crippen molar-refractivity contribution in [3.63, 3.8) is 0 Å². The van der Waals surface area contributed by atoms with Crippen molar-refractivity contribution in [1.82, 2.24) is 0 Å². The number of hydrogen-bond donors (Lipinski definition) is 6. The third-order valence-corrected chi connectivity index (χ3v) is 26.1. The van der Waals surface area contributed by atoms with Crippen LogP contribution in [0.1, 0.15) is 392 Å². The molecule has 0 aromatic carbocycles. The standard InChI is InChI=1S/C11H20F2.C11H21F.2C11H22O.2C10H19FO.C10H20O.2C7H13FO.2C2H6/c1-11(2,3)9-6-4-8(5-7-9)10(12)13;1-11(2,3)10-6-4-9(8-12)5-7-10;1-11(2,3)9-5-7-10(12-4)8-6-9;1-11(2,3)10-6-4-9(8-12)5-7-10;2*1-10(2,3)7-4-5-9(12)8(11)6-7;1-10(2,3)8-4-6-9(11)7-5-8;2*1-5-2-3-7(9)6(8)4-5;2*1-2/h8-10H,4-7H2,1-3H3;9-10H,4-8H2,1-3H3;9-10H,5-8H2,1-4H3;9-10,12H,4-8H2,1-3H3;2*7-9,12H,4-6H2,1-3H3;8-9,11H,4-7H2,1-3H3;2*5-7,9H,2-4H2,1H3;2*1-2H3/t;;;;7-,8+,9-;7-,8-,9-;;5-,6+,7-;5-,6-,7-;;/m....00.11../s1. The molecular weight excluding hydrogens is 1350 g/mol. The Morgan fingerprint density at radius 1 is 0.311 bits per heavy atom. The summed E-state index contributed by atoms with van der Waals surface area (Å²) in [7, 11) is 1.84. The van der Waals surface area contributed by atoms with Gasteiger partial charge in [0.15, 0.2) is 0 Å². The number of aliphatic hydroxyl groups is 6. The van der Waals surface area contributed by atoms with E-state index in [1.807, 2.05) is 48.7 Å². The molecule has 0 aromatic rings. The summed E-state index contributed by atoms with van der Waals surface area (Å²) < 4.78 is 93.7. The van der Waals surface area contributed by atoms with E-state index in [4.69, 9.17) is 20.1 Å². The van der Waals surface area contributed by atoms with E-state index in [1.165, 1.54) is 77.0 Å². The van der Waals surface area contributed by atoms with E-state index in [0.29, 0.717) is 133 Å². The maximum atomic E-state index is 13.1. The molecule has 14 heteroatoms. The first-order valence-corrected chi connectivity index (χ1v) is 43.7. The van der Waals surface area contributed by atoms with Crippen LogP contribution < -0.4 is 0 Å². The quantitative estimate of drug-likeness (QED) is 0.155. The highest BCUT2D eigenvalue weighted by Gasteiger charge is 2.39. The lowest BCUT2D eigenvalue weighted by atomic mass is 9.70. The average molecular weight is 1530 g/mol. The van der Waals surface area contributed by atoms with Gasteiger partial charge in [0, 0.05) is 19.6 Å². The molecule has 0 heterocycles. The van der Waals surface area contributed by atoms with Crippen molar-refractivity contribution < 1.29 is 66.1 Å². The predicted octanol–water partition coefficient (Wildman–Crippen LogP) is 26.7. The summed E-state index contributed by atoms with van der Waals surface area (Å²) >= 11 is 0. The minimum atomic E-state index is -2.10. The second kappa shape index (κ2) is 52.7. The summed E-state index contributed by atoms with van der Waals surface area (Å²) in [6, 6.07) is 0. The lowest BCUT2D eigenvalue weighted by Crippen LogP contribution is -2.35. The number of hydrogen-bond acceptors (Lipinski definition) is 7. The van der Waals surface area contributed by atoms with Crippen LogP contribution in [-0.2, 0) is 4.74 Å². The van der Waals surface area contributed by atoms with Crippen LogP contribution in [0.15, 0.2) is 0 Å². The summed E-state index contributed by atoms with van der Waals surface area (Å²) in [6.45, 7) is 59.7. The molecule has 0 amide bonds. The monoisotopic (exact) mass is 1530 g/mol. The smallest absolute Gasteiger partial charge is 0.241 e. The molecule has 12 atom stereocenters. The Bertz CT molecular complexity index is 1920. The molecule has 9 saturated carbocycles. The van der Waals surface area contributed by atoms with Crippen LogP contribution in [0.5, 0.6) is 0 Å². The molecule has 9 rings (SSSR count). The van der Waals surface area contributed by atoms with E-state index in [2.05, 4.69) is 145 Å². The summed E-state index contributed by atoms with van der Waals surface area (Å²) in [5.74, 6) is 6.50. The number of aliphatic hydroxyl groups excluding tert-OH is 6. The largest absolute Gasteiger partial charge is 0.396 e. The Balaban J connectivity index is 0. The maximum absolute atomic E-state index is 13.1. The predicted molar refractivity (Wildman–Crippen MR) is 439 cm³/mol. The summed E-state index contributed by atoms with van der Waals surface area (Å²) in [4.78, 5) is 0. The second-order valence-corrected chi connectivity index (χ2v) is 41.7. The molecule has 0 aliphatic heterocycles. The molecule has 0 radical (unpaired) electrons. The topological polar surface area (TPSA) is 131 Å². The van der Waals surface area contributed by atoms with Crippen LogP contribution in [0.3, 0.4) is 0 Å². The van der Waals surface area contributed by atoms with Crippen LogP contribution in [0.25, 0.3) is 0 Å². The van der Waals surface area contributed by atoms with Gasteiger partial charge in [0.05, 0.1) is 43.3 Å². The van der Waals surface area contributed by atoms with Crippen LogP contribution in [0, 0.1) is 109 Å². The van der Waals surface area contributed by atoms with Gasteiger partial charge in [0.25, 0.3) is 0 Å². The highest BCUT2D eigenvalue weighted by Crippen LogP contribution is 2.46. The average Bonchev–Trinajstić information content (AvgIpc) is 0.851. The normalized spacial score (nSPS) is 34.6. The van der Waals surface area contributed by atoms with Gasteiger partial charge < -0.3 is 35.4 Å². The zero-order valence-electron chi connectivity index (χ0n) is 74.6. The maximum Gasteiger partial charge on any atom is 0.241 e. The first-order valence-electron chi connectivity index (χ1n) is 43.7. The third kappa shape index (κ3) is 45.9. The summed E-state index contributed by atoms with van der Waals surface area (Å²) in [5.41, 5.74) is 2.52. The SMILES string of the molecule is CC.CC.CC(C)(C)C1CCC(C(F)F)CC1.CC(C)(C)C1CCC(CF)CC1.CC(C)(C)C1CCC(CO)CC1.CC(C)(C)C1CCC(O)CC1.CC(C)(C)[C@H]1CC[C@H](O)[C@@H](F)C1.CC(C)(C)[C@H]1CC[C@H](O)[C@H](F)C1.COC1CCC(C(C)(C)C)CC1.C[C@@H]1CC[C@@H](O)[C@@H](F)C1.C[C@@H]1CC[C@@H](O)[C@H](F)C1. The van der Waals surface area contributed by atoms with Crippen molar-refractivity contribution in [3.8, 4) is 0 Å². The number of ether oxygens (including phenoxy) is 1. The highest BCUT2D eigenvalue weighted by atomic mass is 19.3. The van der Waals surface area contributed by atoms with E-state index in [1.54, 1.807) is 0 Å². The fourth-order valence-corrected chi connectivity index (χ4v) is 17.1. The Hall–Kier alpha value is -0.770. The molecule has 106 heavy (non-hydrogen) atoms. The van der Waals surface area contributed by atoms with E-state index >= 15 is 0 Å². The molecule has 0 bridgehead atoms. The Kier molecular flexibility index (Phi) is 53.3. The van der Waals surface area contributed by atoms with E-state index in [9.17, 15) is 46.1 Å². The summed E-state index contributed by atoms with van der Waals surface area (Å²) in [6.07, 6.45) is 23.2. The lowest BCUT2D eigenvalue weighted by Gasteiger charge is -2.37. The molecule has 9 fully saturated rings. The highest BCUT2D eigenvalue weighted by molar-refractivity contribution is 4.89. The van der Waals surface area contributed by atoms with Crippen LogP contribution in [0.4, 0.5) is 30.7 Å². The molecular formula is C92H181F7O7. The molecule has 0 saturated heterocycles. The zero-order valence-corrected chi connectivity index (χ0v) is 74.6. The number of halogens is 7. The molecule has 0 unspecified atom stereocenters. The molecule has 0 spiro atoms. The minimum Gasteiger partial charge on any atom is -0.396 e. The van der Waals surface area contributed by atoms with E-state index < -0.39 is 55.5 Å². The first kappa shape index (κ1) is 107. The van der Waals surface area contributed by atoms with Gasteiger partial charge in [0.2, 0.25) is 6.43 Å². The van der Waals surface area contributed by atoms with Crippen molar-refractivity contribution in [2.24, 2.45) is 109 Å². The van der Waals surface area contributed by atoms with Crippen molar-refractivity contribution >= 4 is 0 Å². The number of rotatable bonds is 4. The Morgan fingerprint density at radius 3 is 0.755 bits per heavy atom.